The highest BCUT2D eigenvalue weighted by molar-refractivity contribution is 8.76. The molecule has 2 heterocycles. The molecule has 2 aliphatic rings. The zero-order valence-corrected chi connectivity index (χ0v) is 40.9. The summed E-state index contributed by atoms with van der Waals surface area (Å²) in [6.07, 6.45) is -1.00. The van der Waals surface area contributed by atoms with E-state index < -0.39 is 138 Å². The fourth-order valence-corrected chi connectivity index (χ4v) is 9.78. The van der Waals surface area contributed by atoms with Crippen LogP contribution in [0.3, 0.4) is 0 Å². The minimum atomic E-state index is -1.75. The van der Waals surface area contributed by atoms with Gasteiger partial charge in [0.05, 0.1) is 18.5 Å². The molecule has 10 amide bonds. The summed E-state index contributed by atoms with van der Waals surface area (Å²) in [5.74, 6) is -9.88. The highest BCUT2D eigenvalue weighted by atomic mass is 33.1. The summed E-state index contributed by atoms with van der Waals surface area (Å²) in [5, 5.41) is 25.4. The fourth-order valence-electron chi connectivity index (χ4n) is 7.51. The van der Waals surface area contributed by atoms with Gasteiger partial charge in [0.1, 0.15) is 42.0 Å². The van der Waals surface area contributed by atoms with Gasteiger partial charge in [0.2, 0.25) is 59.1 Å². The maximum Gasteiger partial charge on any atom is 0.246 e. The summed E-state index contributed by atoms with van der Waals surface area (Å²) in [6.45, 7) is 7.15. The van der Waals surface area contributed by atoms with E-state index in [9.17, 15) is 57.8 Å². The van der Waals surface area contributed by atoms with Gasteiger partial charge in [0, 0.05) is 43.7 Å². The van der Waals surface area contributed by atoms with Crippen LogP contribution < -0.4 is 54.8 Å². The number of likely N-dealkylation sites (tertiary alicyclic amines) is 1. The monoisotopic (exact) mass is 1000 g/mol. The molecule has 0 saturated carbocycles. The average Bonchev–Trinajstić information content (AvgIpc) is 3.78. The molecule has 0 bridgehead atoms. The third-order valence-electron chi connectivity index (χ3n) is 11.5. The van der Waals surface area contributed by atoms with Gasteiger partial charge in [0.25, 0.3) is 0 Å². The summed E-state index contributed by atoms with van der Waals surface area (Å²) in [6, 6.07) is -4.86. The van der Waals surface area contributed by atoms with Crippen LogP contribution in [-0.2, 0) is 59.2 Å². The minimum absolute atomic E-state index is 0.0447. The van der Waals surface area contributed by atoms with Crippen LogP contribution in [0.15, 0.2) is 24.3 Å². The zero-order chi connectivity index (χ0) is 51.5. The lowest BCUT2D eigenvalue weighted by Crippen LogP contribution is -2.61. The molecule has 0 aromatic heterocycles. The molecule has 0 unspecified atom stereocenters. The lowest BCUT2D eigenvalue weighted by Gasteiger charge is -2.31. The Bertz CT molecular complexity index is 2050. The number of rotatable bonds is 18. The number of hydrogen-bond donors (Lipinski definition) is 11. The summed E-state index contributed by atoms with van der Waals surface area (Å²) >= 11 is 0. The fraction of sp³-hybridized carbons (Fsp3) is 0.614. The summed E-state index contributed by atoms with van der Waals surface area (Å²) in [5.41, 5.74) is 23.0. The molecule has 0 spiro atoms. The number of aromatic hydroxyl groups is 1. The first-order chi connectivity index (χ1) is 32.5. The van der Waals surface area contributed by atoms with Crippen LogP contribution in [0.2, 0.25) is 0 Å². The molecule has 2 fully saturated rings. The van der Waals surface area contributed by atoms with Crippen molar-refractivity contribution in [2.24, 2.45) is 34.8 Å². The van der Waals surface area contributed by atoms with E-state index in [1.807, 2.05) is 13.8 Å². The van der Waals surface area contributed by atoms with Crippen LogP contribution in [0.25, 0.3) is 0 Å². The van der Waals surface area contributed by atoms with Gasteiger partial charge in [-0.25, -0.2) is 0 Å². The second kappa shape index (κ2) is 27.9. The molecule has 2 saturated heterocycles. The van der Waals surface area contributed by atoms with Gasteiger partial charge in [-0.1, -0.05) is 67.8 Å². The Labute approximate surface area is 408 Å². The van der Waals surface area contributed by atoms with Crippen LogP contribution in [0, 0.1) is 11.8 Å². The maximum absolute atomic E-state index is 14.5. The first-order valence-corrected chi connectivity index (χ1v) is 25.3. The van der Waals surface area contributed by atoms with Gasteiger partial charge in [-0.2, -0.15) is 0 Å². The number of ketones is 1. The molecule has 0 radical (unpaired) electrons. The van der Waals surface area contributed by atoms with E-state index >= 15 is 0 Å². The maximum atomic E-state index is 14.5. The summed E-state index contributed by atoms with van der Waals surface area (Å²) < 4.78 is 0. The molecular weight excluding hydrogens is 938 g/mol. The first-order valence-electron chi connectivity index (χ1n) is 22.8. The third-order valence-corrected chi connectivity index (χ3v) is 14.0. The van der Waals surface area contributed by atoms with E-state index in [0.717, 1.165) is 21.6 Å². The van der Waals surface area contributed by atoms with Crippen molar-refractivity contribution in [3.63, 3.8) is 0 Å². The second-order valence-corrected chi connectivity index (χ2v) is 20.2. The lowest BCUT2D eigenvalue weighted by atomic mass is 9.96. The standard InChI is InChI=1S/C44H67N11O12S2/c1-5-23(4)37-43(66)49-27(12-14-34(46)58)39(62)52-30(19-36(48)60)40(63)53-31(21-69-68-20-26(45)38(61)51-29(41(64)54-37)18-24-8-10-25(56)11-9-24)44(67)55-16-6-7-32(55)42(65)50-28(17-22(2)3)33(57)13-15-35(47)59/h8-11,22-23,26-32,37,56H,5-7,12-21,45H2,1-4H3,(H2,46,58)(H2,47,59)(H2,48,60)(H,49,66)(H,50,65)(H,51,61)(H,52,62)(H,53,63)(H,54,64)/t23-,26-,27-,28-,29-,30-,31-,32-,37-/m0/s1/i47-1. The van der Waals surface area contributed by atoms with Crippen molar-refractivity contribution < 1.29 is 57.8 Å². The average molecular weight is 1010 g/mol. The molecule has 1 aromatic carbocycles. The SMILES string of the molecule is CC[C@H](C)[C@@H]1NC(=O)[C@H](Cc2ccc(O)cc2)NC(=O)[C@@H](N)CSSC[C@@H](C(=O)N2CCC[C@H]2C(=O)N[C@@H](CC(C)C)C(=O)CCC([13NH2])=O)NC(=O)[C@H](CC(N)=O)NC(=O)[C@H](CCC(N)=O)NC1=O. The van der Waals surface area contributed by atoms with E-state index in [1.54, 1.807) is 13.8 Å². The van der Waals surface area contributed by atoms with Gasteiger partial charge >= 0.3 is 0 Å². The predicted octanol–water partition coefficient (Wildman–Crippen LogP) is -2.38. The number of carbonyl (C=O) groups excluding carboxylic acids is 11. The van der Waals surface area contributed by atoms with Crippen molar-refractivity contribution in [2.45, 2.75) is 140 Å². The van der Waals surface area contributed by atoms with Crippen molar-refractivity contribution in [1.29, 1.82) is 0 Å². The molecule has 0 aliphatic carbocycles. The smallest absolute Gasteiger partial charge is 0.246 e. The number of amides is 10. The van der Waals surface area contributed by atoms with Gasteiger partial charge in [0.15, 0.2) is 5.78 Å². The topological polar surface area (TPSA) is 387 Å². The van der Waals surface area contributed by atoms with E-state index in [4.69, 9.17) is 22.9 Å². The molecular formula is C44H67N11O12S2. The number of Topliss-reactive ketones (excluding diaryl/α,β-unsaturated/α-hetero) is 1. The molecule has 15 N–H and O–H groups in total. The van der Waals surface area contributed by atoms with Crippen LogP contribution in [0.1, 0.15) is 91.0 Å². The number of nitrogens with two attached hydrogens (primary N) is 4. The van der Waals surface area contributed by atoms with Gasteiger partial charge < -0.3 is 64.8 Å². The predicted molar refractivity (Wildman–Crippen MR) is 256 cm³/mol. The van der Waals surface area contributed by atoms with E-state index in [2.05, 4.69) is 31.9 Å². The normalized spacial score (nSPS) is 24.3. The molecule has 1 aromatic rings. The van der Waals surface area contributed by atoms with Crippen molar-refractivity contribution >= 4 is 86.4 Å². The van der Waals surface area contributed by atoms with Gasteiger partial charge in [-0.3, -0.25) is 52.7 Å². The lowest BCUT2D eigenvalue weighted by molar-refractivity contribution is -0.142. The number of nitrogens with zero attached hydrogens (tertiary/aromatic N) is 1. The van der Waals surface area contributed by atoms with Gasteiger partial charge in [-0.05, 0) is 55.2 Å². The number of carbonyl (C=O) groups is 11. The summed E-state index contributed by atoms with van der Waals surface area (Å²) in [4.78, 5) is 148. The van der Waals surface area contributed by atoms with E-state index in [-0.39, 0.29) is 61.8 Å². The number of benzene rings is 1. The molecule has 2 aliphatic heterocycles. The molecule has 69 heavy (non-hydrogen) atoms. The zero-order valence-electron chi connectivity index (χ0n) is 39.3. The quantitative estimate of drug-likeness (QED) is 0.0685. The van der Waals surface area contributed by atoms with Crippen LogP contribution in [0.4, 0.5) is 0 Å². The molecule has 3 rings (SSSR count). The third kappa shape index (κ3) is 18.8. The van der Waals surface area contributed by atoms with Crippen molar-refractivity contribution in [3.05, 3.63) is 29.8 Å². The molecule has 25 heteroatoms. The number of nitrogens with one attached hydrogen (secondary N) is 6. The summed E-state index contributed by atoms with van der Waals surface area (Å²) in [7, 11) is 2.06. The Hall–Kier alpha value is -5.95. The van der Waals surface area contributed by atoms with Gasteiger partial charge in [-0.15, -0.1) is 0 Å². The van der Waals surface area contributed by atoms with Crippen molar-refractivity contribution in [3.8, 4) is 5.75 Å². The Kier molecular flexibility index (Phi) is 23.2. The van der Waals surface area contributed by atoms with E-state index in [1.165, 1.54) is 29.2 Å². The largest absolute Gasteiger partial charge is 0.508 e. The minimum Gasteiger partial charge on any atom is -0.508 e. The number of primary amides is 3. The number of phenolic OH excluding ortho intramolecular Hbond substituents is 1. The van der Waals surface area contributed by atoms with Crippen molar-refractivity contribution in [2.75, 3.05) is 18.1 Å². The Morgan fingerprint density at radius 1 is 0.797 bits per heavy atom. The van der Waals surface area contributed by atoms with Crippen molar-refractivity contribution in [1.82, 2.24) is 36.8 Å². The second-order valence-electron chi connectivity index (χ2n) is 17.7. The molecule has 23 nitrogen and oxygen atoms in total. The Morgan fingerprint density at radius 3 is 2.01 bits per heavy atom. The van der Waals surface area contributed by atoms with Crippen LogP contribution >= 0.6 is 21.6 Å². The van der Waals surface area contributed by atoms with E-state index in [0.29, 0.717) is 18.4 Å². The highest BCUT2D eigenvalue weighted by Gasteiger charge is 2.41. The molecule has 9 atom stereocenters. The highest BCUT2D eigenvalue weighted by Crippen LogP contribution is 2.26. The first kappa shape index (κ1) is 57.4. The van der Waals surface area contributed by atoms with Crippen LogP contribution in [0.5, 0.6) is 5.75 Å². The number of hydrogen-bond acceptors (Lipinski definition) is 15. The van der Waals surface area contributed by atoms with Crippen LogP contribution in [-0.4, -0.2) is 141 Å². The molecule has 382 valence electrons. The number of phenols is 1. The Balaban J connectivity index is 2.05. The Morgan fingerprint density at radius 2 is 1.41 bits per heavy atom.